The Morgan fingerprint density at radius 1 is 0.985 bits per heavy atom. The summed E-state index contributed by atoms with van der Waals surface area (Å²) in [6.07, 6.45) is -10.3. The molecular formula is C41H35ClF10N8O6S2. The number of aromatic nitrogens is 5. The van der Waals surface area contributed by atoms with E-state index in [1.54, 1.807) is 0 Å². The van der Waals surface area contributed by atoms with E-state index in [1.807, 2.05) is 0 Å². The van der Waals surface area contributed by atoms with Crippen LogP contribution in [-0.2, 0) is 61.9 Å². The first-order valence-corrected chi connectivity index (χ1v) is 23.2. The highest BCUT2D eigenvalue weighted by atomic mass is 35.5. The van der Waals surface area contributed by atoms with Crippen LogP contribution in [0.4, 0.5) is 49.7 Å². The summed E-state index contributed by atoms with van der Waals surface area (Å²) < 4.78 is 195. The van der Waals surface area contributed by atoms with Crippen LogP contribution >= 0.6 is 11.6 Å². The number of pyridine rings is 1. The Labute approximate surface area is 386 Å². The van der Waals surface area contributed by atoms with Gasteiger partial charge in [0, 0.05) is 42.0 Å². The van der Waals surface area contributed by atoms with Crippen molar-refractivity contribution < 1.29 is 70.3 Å². The fourth-order valence-electron chi connectivity index (χ4n) is 7.86. The van der Waals surface area contributed by atoms with Crippen LogP contribution in [0.2, 0.25) is 5.02 Å². The number of amides is 2. The van der Waals surface area contributed by atoms with Crippen molar-refractivity contribution in [3.8, 4) is 23.0 Å². The molecule has 3 aromatic heterocycles. The van der Waals surface area contributed by atoms with Crippen LogP contribution in [0.1, 0.15) is 66.1 Å². The molecule has 0 spiro atoms. The molecule has 0 aliphatic heterocycles. The minimum absolute atomic E-state index is 0.202. The second kappa shape index (κ2) is 17.5. The molecule has 2 aliphatic carbocycles. The molecule has 1 unspecified atom stereocenters. The average Bonchev–Trinajstić information content (AvgIpc) is 3.72. The molecule has 68 heavy (non-hydrogen) atoms. The zero-order valence-corrected chi connectivity index (χ0v) is 37.9. The number of likely N-dealkylation sites (N-methyl/N-ethyl adjacent to an activating group) is 1. The Morgan fingerprint density at radius 2 is 1.63 bits per heavy atom. The average molecular weight is 1030 g/mol. The third-order valence-corrected chi connectivity index (χ3v) is 14.3. The maximum atomic E-state index is 15.5. The van der Waals surface area contributed by atoms with E-state index < -0.39 is 150 Å². The molecule has 7 rings (SSSR count). The Morgan fingerprint density at radius 3 is 2.22 bits per heavy atom. The number of halogens is 11. The van der Waals surface area contributed by atoms with Crippen LogP contribution in [0, 0.1) is 29.4 Å². The van der Waals surface area contributed by atoms with Crippen molar-refractivity contribution in [1.82, 2.24) is 35.2 Å². The number of hydrogen-bond acceptors (Lipinski definition) is 9. The number of fused-ring (bicyclic) bond motifs is 4. The van der Waals surface area contributed by atoms with Crippen molar-refractivity contribution in [2.75, 3.05) is 24.2 Å². The quantitative estimate of drug-likeness (QED) is 0.0687. The Balaban J connectivity index is 1.47. The third-order valence-electron chi connectivity index (χ3n) is 11.3. The van der Waals surface area contributed by atoms with Crippen molar-refractivity contribution in [1.29, 1.82) is 0 Å². The molecule has 27 heteroatoms. The van der Waals surface area contributed by atoms with Crippen LogP contribution in [-0.4, -0.2) is 84.0 Å². The van der Waals surface area contributed by atoms with Gasteiger partial charge in [0.1, 0.15) is 47.4 Å². The number of carbonyl (C=O) groups excluding carboxylic acids is 2. The van der Waals surface area contributed by atoms with Gasteiger partial charge in [-0.15, -0.1) is 0 Å². The van der Waals surface area contributed by atoms with Crippen molar-refractivity contribution in [3.05, 3.63) is 93.0 Å². The van der Waals surface area contributed by atoms with Gasteiger partial charge in [-0.3, -0.25) is 19.0 Å². The van der Waals surface area contributed by atoms with E-state index in [0.717, 1.165) is 37.6 Å². The van der Waals surface area contributed by atoms with Crippen LogP contribution in [0.5, 0.6) is 0 Å². The zero-order valence-electron chi connectivity index (χ0n) is 35.5. The van der Waals surface area contributed by atoms with Gasteiger partial charge in [0.2, 0.25) is 22.7 Å². The first-order valence-electron chi connectivity index (χ1n) is 19.8. The van der Waals surface area contributed by atoms with Crippen molar-refractivity contribution in [2.24, 2.45) is 5.92 Å². The van der Waals surface area contributed by atoms with Crippen molar-refractivity contribution in [2.45, 2.75) is 74.8 Å². The predicted octanol–water partition coefficient (Wildman–Crippen LogP) is 6.37. The number of hydrogen-bond donors (Lipinski definition) is 3. The highest BCUT2D eigenvalue weighted by Crippen LogP contribution is 2.68. The molecule has 3 heterocycles. The summed E-state index contributed by atoms with van der Waals surface area (Å²) in [5.41, 5.74) is -5.56. The summed E-state index contributed by atoms with van der Waals surface area (Å²) >= 11 is 6.56. The minimum Gasteiger partial charge on any atom is -0.358 e. The lowest BCUT2D eigenvalue weighted by Crippen LogP contribution is -2.35. The summed E-state index contributed by atoms with van der Waals surface area (Å²) in [4.78, 5) is 31.0. The molecule has 5 aromatic rings. The van der Waals surface area contributed by atoms with Gasteiger partial charge in [0.05, 0.1) is 27.7 Å². The fourth-order valence-corrected chi connectivity index (χ4v) is 8.88. The number of alkyl halides is 8. The number of benzene rings is 2. The molecule has 0 bridgehead atoms. The minimum atomic E-state index is -5.21. The number of anilines is 1. The molecule has 3 atom stereocenters. The maximum absolute atomic E-state index is 15.5. The highest BCUT2D eigenvalue weighted by Gasteiger charge is 2.68. The lowest BCUT2D eigenvalue weighted by atomic mass is 9.93. The number of nitrogens with one attached hydrogen (secondary N) is 2. The smallest absolute Gasteiger partial charge is 0.358 e. The van der Waals surface area contributed by atoms with Crippen molar-refractivity contribution >= 4 is 60.9 Å². The molecule has 2 N–H and O–H groups in total. The molecule has 0 radical (unpaired) electrons. The molecule has 2 aromatic carbocycles. The van der Waals surface area contributed by atoms with Gasteiger partial charge in [-0.05, 0) is 74.4 Å². The van der Waals surface area contributed by atoms with Gasteiger partial charge in [-0.1, -0.05) is 23.6 Å². The van der Waals surface area contributed by atoms with E-state index in [1.165, 1.54) is 26.0 Å². The fraction of sp³-hybridized carbons (Fsp3) is 0.390. The molecule has 14 nitrogen and oxygen atoms in total. The number of rotatable bonds is 13. The third kappa shape index (κ3) is 9.82. The zero-order chi connectivity index (χ0) is 50.2. The SMILES string of the molecule is CNC(=O)CN(c1nn(CC(F)(F)F)c2c(-c3ccc(C#CC(C)(C)S(C)(=O)=O)nc3C(Cc3cc(F)cc(F)c3)NC(=O)Cn3nc(C(F)(F)F)c4c3C(F)(F)[C@@H]3C[C@H]43)ccc(Cl)c12)[SH](=O)=O. The molecule has 1 fully saturated rings. The van der Waals surface area contributed by atoms with E-state index in [4.69, 9.17) is 11.6 Å². The summed E-state index contributed by atoms with van der Waals surface area (Å²) in [7, 11) is -6.54. The summed E-state index contributed by atoms with van der Waals surface area (Å²) in [6, 6.07) is 4.98. The van der Waals surface area contributed by atoms with Crippen LogP contribution < -0.4 is 14.9 Å². The molecule has 1 saturated carbocycles. The second-order valence-corrected chi connectivity index (χ2v) is 20.4. The number of sulfone groups is 1. The van der Waals surface area contributed by atoms with Gasteiger partial charge in [-0.25, -0.2) is 34.9 Å². The van der Waals surface area contributed by atoms with Gasteiger partial charge in [-0.2, -0.15) is 45.3 Å². The van der Waals surface area contributed by atoms with Crippen molar-refractivity contribution in [3.63, 3.8) is 0 Å². The summed E-state index contributed by atoms with van der Waals surface area (Å²) in [6.45, 7) is -1.67. The lowest BCUT2D eigenvalue weighted by molar-refractivity contribution is -0.143. The van der Waals surface area contributed by atoms with Gasteiger partial charge in [0.15, 0.2) is 21.3 Å². The number of carbonyl (C=O) groups is 2. The number of thiol groups is 1. The van der Waals surface area contributed by atoms with Gasteiger partial charge < -0.3 is 10.6 Å². The standard InChI is InChI=1S/C41H35ClF10N8O6S2/c1-38(2,68(4,65)66)10-9-22-5-6-23(24-7-8-27(42)32-34(24)59(18-39(45,46)47)57-37(32)60(67(63)64)17-29(61)53-3)33(54-22)28(13-19-11-20(43)14-21(44)12-19)55-30(62)16-58-36-31(35(56-58)41(50,51)52)25-15-26(25)40(36,48)49/h5-8,11-12,14,25-26,28,67H,13,15-18H2,1-4H3,(H,53,61)(H,55,62)/t25-,26+,28?/m0/s1. The normalized spacial score (nSPS) is 17.1. The molecule has 2 aliphatic rings. The topological polar surface area (TPSA) is 178 Å². The van der Waals surface area contributed by atoms with Crippen LogP contribution in [0.25, 0.3) is 22.0 Å². The molecule has 364 valence electrons. The Kier molecular flexibility index (Phi) is 12.9. The Bertz CT molecular complexity index is 3130. The summed E-state index contributed by atoms with van der Waals surface area (Å²) in [5, 5.41) is 11.1. The number of nitrogens with zero attached hydrogens (tertiary/aromatic N) is 6. The molecule has 0 saturated heterocycles. The molecule has 2 amide bonds. The highest BCUT2D eigenvalue weighted by molar-refractivity contribution is 7.92. The maximum Gasteiger partial charge on any atom is 0.435 e. The van der Waals surface area contributed by atoms with E-state index in [0.29, 0.717) is 15.1 Å². The van der Waals surface area contributed by atoms with E-state index in [9.17, 15) is 61.5 Å². The predicted molar refractivity (Wildman–Crippen MR) is 224 cm³/mol. The van der Waals surface area contributed by atoms with Crippen LogP contribution in [0.3, 0.4) is 0 Å². The van der Waals surface area contributed by atoms with E-state index >= 15 is 8.78 Å². The molecular weight excluding hydrogens is 990 g/mol. The van der Waals surface area contributed by atoms with Gasteiger partial charge >= 0.3 is 12.4 Å². The summed E-state index contributed by atoms with van der Waals surface area (Å²) in [5.74, 6) is -6.61. The van der Waals surface area contributed by atoms with E-state index in [-0.39, 0.29) is 38.5 Å². The van der Waals surface area contributed by atoms with Crippen LogP contribution in [0.15, 0.2) is 42.5 Å². The lowest BCUT2D eigenvalue weighted by Gasteiger charge is -2.23. The largest absolute Gasteiger partial charge is 0.435 e. The monoisotopic (exact) mass is 1020 g/mol. The van der Waals surface area contributed by atoms with E-state index in [2.05, 4.69) is 37.7 Å². The first kappa shape index (κ1) is 50.0. The second-order valence-electron chi connectivity index (χ2n) is 16.5. The Hall–Kier alpha value is -5.94. The van der Waals surface area contributed by atoms with Gasteiger partial charge in [0.25, 0.3) is 5.92 Å². The first-order chi connectivity index (χ1) is 31.4.